The minimum atomic E-state index is -0.291. The van der Waals surface area contributed by atoms with Crippen molar-refractivity contribution in [2.24, 2.45) is 0 Å². The lowest BCUT2D eigenvalue weighted by atomic mass is 9.90. The summed E-state index contributed by atoms with van der Waals surface area (Å²) in [5.41, 5.74) is 2.24. The Morgan fingerprint density at radius 3 is 2.21 bits per heavy atom. The van der Waals surface area contributed by atoms with Crippen LogP contribution in [0.5, 0.6) is 0 Å². The molecule has 0 saturated carbocycles. The number of hydrogen-bond acceptors (Lipinski definition) is 1. The summed E-state index contributed by atoms with van der Waals surface area (Å²) < 4.78 is 14.6. The van der Waals surface area contributed by atoms with Crippen molar-refractivity contribution in [1.29, 1.82) is 0 Å². The minimum absolute atomic E-state index is 0.154. The molecule has 0 radical (unpaired) electrons. The van der Waals surface area contributed by atoms with Gasteiger partial charge < -0.3 is 0 Å². The van der Waals surface area contributed by atoms with Gasteiger partial charge in [-0.15, -0.1) is 11.6 Å². The fourth-order valence-electron chi connectivity index (χ4n) is 1.90. The molecule has 1 aromatic carbocycles. The van der Waals surface area contributed by atoms with Crippen molar-refractivity contribution >= 4 is 23.2 Å². The molecule has 2 rings (SSSR count). The van der Waals surface area contributed by atoms with E-state index in [-0.39, 0.29) is 11.2 Å². The molecule has 102 valence electrons. The van der Waals surface area contributed by atoms with Crippen LogP contribution in [-0.4, -0.2) is 9.78 Å². The summed E-state index contributed by atoms with van der Waals surface area (Å²) in [7, 11) is 0. The predicted molar refractivity (Wildman–Crippen MR) is 76.8 cm³/mol. The van der Waals surface area contributed by atoms with Crippen LogP contribution in [-0.2, 0) is 11.3 Å². The summed E-state index contributed by atoms with van der Waals surface area (Å²) in [5, 5.41) is 5.01. The van der Waals surface area contributed by atoms with Gasteiger partial charge in [-0.05, 0) is 24.3 Å². The third-order valence-corrected chi connectivity index (χ3v) is 3.49. The first-order chi connectivity index (χ1) is 8.84. The van der Waals surface area contributed by atoms with Crippen LogP contribution in [0.25, 0.3) is 5.69 Å². The maximum atomic E-state index is 13.0. The topological polar surface area (TPSA) is 17.8 Å². The molecule has 0 aliphatic heterocycles. The molecule has 2 nitrogen and oxygen atoms in total. The number of hydrogen-bond donors (Lipinski definition) is 0. The van der Waals surface area contributed by atoms with Gasteiger partial charge in [0.05, 0.1) is 17.3 Å². The second-order valence-electron chi connectivity index (χ2n) is 5.39. The van der Waals surface area contributed by atoms with Crippen LogP contribution in [0, 0.1) is 5.82 Å². The zero-order chi connectivity index (χ0) is 14.2. The summed E-state index contributed by atoms with van der Waals surface area (Å²) in [6.45, 7) is 6.16. The predicted octanol–water partition coefficient (Wildman–Crippen LogP) is 4.70. The van der Waals surface area contributed by atoms with E-state index < -0.39 is 0 Å². The largest absolute Gasteiger partial charge is 0.222 e. The molecule has 5 heteroatoms. The molecule has 0 aliphatic carbocycles. The van der Waals surface area contributed by atoms with E-state index in [0.717, 1.165) is 11.3 Å². The van der Waals surface area contributed by atoms with E-state index in [1.165, 1.54) is 12.1 Å². The summed E-state index contributed by atoms with van der Waals surface area (Å²) in [5.74, 6) is 0.00717. The highest BCUT2D eigenvalue weighted by Crippen LogP contribution is 2.32. The standard InChI is InChI=1S/C14H15Cl2FN2/c1-14(2,3)12-11(8-15)13(16)19(18-12)10-6-4-9(17)5-7-10/h4-7H,8H2,1-3H3. The van der Waals surface area contributed by atoms with Crippen molar-refractivity contribution in [3.05, 3.63) is 46.5 Å². The quantitative estimate of drug-likeness (QED) is 0.735. The Morgan fingerprint density at radius 1 is 1.21 bits per heavy atom. The smallest absolute Gasteiger partial charge is 0.137 e. The van der Waals surface area contributed by atoms with Crippen molar-refractivity contribution in [2.45, 2.75) is 32.1 Å². The van der Waals surface area contributed by atoms with E-state index >= 15 is 0 Å². The van der Waals surface area contributed by atoms with Gasteiger partial charge >= 0.3 is 0 Å². The van der Waals surface area contributed by atoms with E-state index in [1.54, 1.807) is 16.8 Å². The number of halogens is 3. The molecule has 0 fully saturated rings. The summed E-state index contributed by atoms with van der Waals surface area (Å²) >= 11 is 12.3. The van der Waals surface area contributed by atoms with Crippen molar-refractivity contribution in [2.75, 3.05) is 0 Å². The average molecular weight is 301 g/mol. The van der Waals surface area contributed by atoms with Crippen molar-refractivity contribution in [3.63, 3.8) is 0 Å². The Hall–Kier alpha value is -1.06. The normalized spacial score (nSPS) is 11.9. The lowest BCUT2D eigenvalue weighted by molar-refractivity contribution is 0.556. The zero-order valence-corrected chi connectivity index (χ0v) is 12.6. The second-order valence-corrected chi connectivity index (χ2v) is 6.02. The number of aromatic nitrogens is 2. The first-order valence-corrected chi connectivity index (χ1v) is 6.85. The Labute approximate surface area is 122 Å². The van der Waals surface area contributed by atoms with Crippen LogP contribution < -0.4 is 0 Å². The van der Waals surface area contributed by atoms with Crippen molar-refractivity contribution in [3.8, 4) is 5.69 Å². The maximum Gasteiger partial charge on any atom is 0.137 e. The first-order valence-electron chi connectivity index (χ1n) is 5.94. The fourth-order valence-corrected chi connectivity index (χ4v) is 2.52. The highest BCUT2D eigenvalue weighted by Gasteiger charge is 2.25. The van der Waals surface area contributed by atoms with Gasteiger partial charge in [-0.3, -0.25) is 0 Å². The highest BCUT2D eigenvalue weighted by atomic mass is 35.5. The molecule has 0 unspecified atom stereocenters. The van der Waals surface area contributed by atoms with Gasteiger partial charge in [0.2, 0.25) is 0 Å². The van der Waals surface area contributed by atoms with Gasteiger partial charge in [0, 0.05) is 11.0 Å². The molecule has 1 heterocycles. The van der Waals surface area contributed by atoms with E-state index in [1.807, 2.05) is 0 Å². The lowest BCUT2D eigenvalue weighted by Gasteiger charge is -2.16. The number of nitrogens with zero attached hydrogens (tertiary/aromatic N) is 2. The van der Waals surface area contributed by atoms with E-state index in [0.29, 0.717) is 16.7 Å². The molecule has 0 saturated heterocycles. The minimum Gasteiger partial charge on any atom is -0.222 e. The third kappa shape index (κ3) is 2.77. The third-order valence-electron chi connectivity index (χ3n) is 2.84. The van der Waals surface area contributed by atoms with Gasteiger partial charge in [-0.2, -0.15) is 5.10 Å². The molecule has 0 atom stereocenters. The lowest BCUT2D eigenvalue weighted by Crippen LogP contribution is -2.14. The molecular formula is C14H15Cl2FN2. The summed E-state index contributed by atoms with van der Waals surface area (Å²) in [6, 6.07) is 6.03. The van der Waals surface area contributed by atoms with Gasteiger partial charge in [0.25, 0.3) is 0 Å². The number of rotatable bonds is 2. The van der Waals surface area contributed by atoms with Crippen LogP contribution >= 0.6 is 23.2 Å². The molecule has 1 aromatic heterocycles. The van der Waals surface area contributed by atoms with E-state index in [9.17, 15) is 4.39 Å². The van der Waals surface area contributed by atoms with Crippen LogP contribution in [0.4, 0.5) is 4.39 Å². The Balaban J connectivity index is 2.59. The van der Waals surface area contributed by atoms with Crippen LogP contribution in [0.2, 0.25) is 5.15 Å². The number of benzene rings is 1. The molecule has 0 bridgehead atoms. The van der Waals surface area contributed by atoms with Gasteiger partial charge in [-0.1, -0.05) is 32.4 Å². The van der Waals surface area contributed by atoms with Gasteiger partial charge in [0.1, 0.15) is 11.0 Å². The molecule has 19 heavy (non-hydrogen) atoms. The van der Waals surface area contributed by atoms with Crippen molar-refractivity contribution < 1.29 is 4.39 Å². The van der Waals surface area contributed by atoms with Gasteiger partial charge in [-0.25, -0.2) is 9.07 Å². The van der Waals surface area contributed by atoms with Crippen LogP contribution in [0.3, 0.4) is 0 Å². The molecule has 0 aliphatic rings. The van der Waals surface area contributed by atoms with Crippen molar-refractivity contribution in [1.82, 2.24) is 9.78 Å². The Morgan fingerprint density at radius 2 is 1.79 bits per heavy atom. The molecule has 0 N–H and O–H groups in total. The SMILES string of the molecule is CC(C)(C)c1nn(-c2ccc(F)cc2)c(Cl)c1CCl. The monoisotopic (exact) mass is 300 g/mol. The Kier molecular flexibility index (Phi) is 3.88. The van der Waals surface area contributed by atoms with Gasteiger partial charge in [0.15, 0.2) is 0 Å². The summed E-state index contributed by atoms with van der Waals surface area (Å²) in [6.07, 6.45) is 0. The molecule has 0 amide bonds. The second kappa shape index (κ2) is 5.14. The number of alkyl halides is 1. The molecule has 0 spiro atoms. The van der Waals surface area contributed by atoms with E-state index in [4.69, 9.17) is 23.2 Å². The molecular weight excluding hydrogens is 286 g/mol. The average Bonchev–Trinajstić information content (AvgIpc) is 2.67. The zero-order valence-electron chi connectivity index (χ0n) is 11.0. The van der Waals surface area contributed by atoms with Crippen LogP contribution in [0.15, 0.2) is 24.3 Å². The van der Waals surface area contributed by atoms with Crippen LogP contribution in [0.1, 0.15) is 32.0 Å². The maximum absolute atomic E-state index is 13.0. The fraction of sp³-hybridized carbons (Fsp3) is 0.357. The highest BCUT2D eigenvalue weighted by molar-refractivity contribution is 6.31. The van der Waals surface area contributed by atoms with E-state index in [2.05, 4.69) is 25.9 Å². The summed E-state index contributed by atoms with van der Waals surface area (Å²) in [4.78, 5) is 0. The Bertz CT molecular complexity index is 583. The molecule has 2 aromatic rings. The first kappa shape index (κ1) is 14.4.